The summed E-state index contributed by atoms with van der Waals surface area (Å²) in [7, 11) is 0. The largest absolute Gasteiger partial charge is 0.482 e. The summed E-state index contributed by atoms with van der Waals surface area (Å²) in [5, 5.41) is 8.51. The third-order valence-electron chi connectivity index (χ3n) is 7.04. The topological polar surface area (TPSA) is 151 Å². The van der Waals surface area contributed by atoms with Crippen LogP contribution in [0.3, 0.4) is 0 Å². The quantitative estimate of drug-likeness (QED) is 0.258. The molecule has 3 amide bonds. The summed E-state index contributed by atoms with van der Waals surface area (Å²) in [4.78, 5) is 51.3. The maximum absolute atomic E-state index is 13.0. The highest BCUT2D eigenvalue weighted by molar-refractivity contribution is 6.10. The zero-order valence-electron chi connectivity index (χ0n) is 22.2. The number of ether oxygens (including phenoxy) is 2. The van der Waals surface area contributed by atoms with E-state index < -0.39 is 5.91 Å². The Morgan fingerprint density at radius 2 is 1.66 bits per heavy atom. The Morgan fingerprint density at radius 3 is 2.49 bits per heavy atom. The molecule has 0 unspecified atom stereocenters. The van der Waals surface area contributed by atoms with Gasteiger partial charge in [-0.1, -0.05) is 30.3 Å². The van der Waals surface area contributed by atoms with E-state index in [0.717, 1.165) is 44.0 Å². The summed E-state index contributed by atoms with van der Waals surface area (Å²) in [6.07, 6.45) is 2.80. The van der Waals surface area contributed by atoms with Gasteiger partial charge >= 0.3 is 0 Å². The van der Waals surface area contributed by atoms with Crippen molar-refractivity contribution in [3.8, 4) is 5.75 Å². The van der Waals surface area contributed by atoms with Gasteiger partial charge in [0, 0.05) is 38.9 Å². The number of nitrogens with zero attached hydrogens (tertiary/aromatic N) is 3. The van der Waals surface area contributed by atoms with Crippen LogP contribution in [-0.4, -0.2) is 70.5 Å². The number of carbonyl (C=O) groups is 3. The number of carbonyl (C=O) groups excluding carboxylic acids is 3. The van der Waals surface area contributed by atoms with E-state index in [1.807, 2.05) is 12.1 Å². The molecule has 4 heterocycles. The van der Waals surface area contributed by atoms with Crippen LogP contribution < -0.4 is 20.7 Å². The first kappa shape index (κ1) is 26.4. The number of fused-ring (bicyclic) bond motifs is 2. The molecule has 4 aromatic rings. The van der Waals surface area contributed by atoms with Crippen molar-refractivity contribution in [1.82, 2.24) is 30.5 Å². The van der Waals surface area contributed by atoms with E-state index in [9.17, 15) is 14.4 Å². The molecule has 2 aromatic heterocycles. The number of hydrogen-bond acceptors (Lipinski definition) is 8. The van der Waals surface area contributed by atoms with E-state index in [1.165, 1.54) is 18.1 Å². The lowest BCUT2D eigenvalue weighted by molar-refractivity contribution is -0.118. The summed E-state index contributed by atoms with van der Waals surface area (Å²) in [6.45, 7) is 4.81. The molecule has 0 aliphatic carbocycles. The van der Waals surface area contributed by atoms with Gasteiger partial charge < -0.3 is 30.4 Å². The van der Waals surface area contributed by atoms with Gasteiger partial charge in [-0.25, -0.2) is 9.97 Å². The molecule has 2 aliphatic rings. The number of morpholine rings is 1. The van der Waals surface area contributed by atoms with E-state index in [-0.39, 0.29) is 30.7 Å². The van der Waals surface area contributed by atoms with Gasteiger partial charge in [0.2, 0.25) is 0 Å². The number of H-pyrrole nitrogens is 1. The zero-order valence-corrected chi connectivity index (χ0v) is 22.2. The average molecular weight is 556 g/mol. The minimum atomic E-state index is -0.429. The lowest BCUT2D eigenvalue weighted by Gasteiger charge is -2.26. The SMILES string of the molecule is O=C1COc2ccc(CNC(=O)c3ncnc4c(C(=O)NCc5ccc(CN6CCOCC6)cc5)c[nH]c34)cc2N1. The first-order valence-corrected chi connectivity index (χ1v) is 13.4. The number of aromatic nitrogens is 3. The fourth-order valence-corrected chi connectivity index (χ4v) is 4.85. The summed E-state index contributed by atoms with van der Waals surface area (Å²) in [5.74, 6) is -0.389. The molecule has 1 saturated heterocycles. The number of hydrogen-bond donors (Lipinski definition) is 4. The van der Waals surface area contributed by atoms with Crippen molar-refractivity contribution in [2.45, 2.75) is 19.6 Å². The fourth-order valence-electron chi connectivity index (χ4n) is 4.85. The molecule has 2 aliphatic heterocycles. The van der Waals surface area contributed by atoms with Crippen molar-refractivity contribution >= 4 is 34.4 Å². The van der Waals surface area contributed by atoms with Gasteiger partial charge in [-0.3, -0.25) is 19.3 Å². The van der Waals surface area contributed by atoms with E-state index in [1.54, 1.807) is 18.2 Å². The minimum absolute atomic E-state index is 0.0220. The predicted octanol–water partition coefficient (Wildman–Crippen LogP) is 1.98. The molecule has 0 atom stereocenters. The Kier molecular flexibility index (Phi) is 7.56. The zero-order chi connectivity index (χ0) is 28.2. The van der Waals surface area contributed by atoms with Gasteiger partial charge in [0.1, 0.15) is 17.6 Å². The van der Waals surface area contributed by atoms with Crippen molar-refractivity contribution < 1.29 is 23.9 Å². The summed E-state index contributed by atoms with van der Waals surface area (Å²) in [6, 6.07) is 13.5. The molecule has 0 radical (unpaired) electrons. The second kappa shape index (κ2) is 11.7. The van der Waals surface area contributed by atoms with Gasteiger partial charge in [0.05, 0.1) is 30.0 Å². The first-order chi connectivity index (χ1) is 20.0. The number of aromatic amines is 1. The Bertz CT molecular complexity index is 1600. The van der Waals surface area contributed by atoms with Gasteiger partial charge in [-0.2, -0.15) is 0 Å². The average Bonchev–Trinajstić information content (AvgIpc) is 3.44. The Morgan fingerprint density at radius 1 is 0.927 bits per heavy atom. The maximum Gasteiger partial charge on any atom is 0.272 e. The second-order valence-electron chi connectivity index (χ2n) is 9.89. The lowest BCUT2D eigenvalue weighted by Crippen LogP contribution is -2.35. The number of nitrogens with one attached hydrogen (secondary N) is 4. The molecular formula is C29H29N7O5. The van der Waals surface area contributed by atoms with Crippen LogP contribution in [0.5, 0.6) is 5.75 Å². The van der Waals surface area contributed by atoms with Crippen molar-refractivity contribution in [1.29, 1.82) is 0 Å². The maximum atomic E-state index is 13.0. The summed E-state index contributed by atoms with van der Waals surface area (Å²) >= 11 is 0. The highest BCUT2D eigenvalue weighted by Crippen LogP contribution is 2.28. The standard InChI is InChI=1S/C29H29N7O5/c37-24-16-41-23-6-5-20(11-22(23)35-24)13-32-29(39)27-26-25(33-17-34-27)21(14-30-26)28(38)31-12-18-1-3-19(4-2-18)15-36-7-9-40-10-8-36/h1-6,11,14,17,30H,7-10,12-13,15-16H2,(H,31,38)(H,32,39)(H,35,37). The van der Waals surface area contributed by atoms with Crippen molar-refractivity contribution in [2.75, 3.05) is 38.2 Å². The molecule has 2 aromatic carbocycles. The summed E-state index contributed by atoms with van der Waals surface area (Å²) < 4.78 is 10.8. The van der Waals surface area contributed by atoms with E-state index in [4.69, 9.17) is 9.47 Å². The molecule has 4 N–H and O–H groups in total. The summed E-state index contributed by atoms with van der Waals surface area (Å²) in [5.41, 5.74) is 4.70. The smallest absolute Gasteiger partial charge is 0.272 e. The van der Waals surface area contributed by atoms with Crippen LogP contribution in [0.25, 0.3) is 11.0 Å². The highest BCUT2D eigenvalue weighted by Gasteiger charge is 2.20. The molecule has 12 nitrogen and oxygen atoms in total. The van der Waals surface area contributed by atoms with Gasteiger partial charge in [0.25, 0.3) is 17.7 Å². The first-order valence-electron chi connectivity index (χ1n) is 13.4. The van der Waals surface area contributed by atoms with Crippen LogP contribution in [0.1, 0.15) is 37.5 Å². The number of rotatable bonds is 8. The number of amides is 3. The van der Waals surface area contributed by atoms with Crippen LogP contribution in [0.15, 0.2) is 55.0 Å². The van der Waals surface area contributed by atoms with E-state index in [0.29, 0.717) is 34.6 Å². The van der Waals surface area contributed by atoms with Crippen LogP contribution in [0.2, 0.25) is 0 Å². The van der Waals surface area contributed by atoms with Crippen LogP contribution in [0, 0.1) is 0 Å². The number of anilines is 1. The molecule has 0 saturated carbocycles. The molecule has 0 bridgehead atoms. The van der Waals surface area contributed by atoms with Crippen molar-refractivity contribution in [2.24, 2.45) is 0 Å². The molecule has 12 heteroatoms. The molecule has 210 valence electrons. The Balaban J connectivity index is 1.07. The highest BCUT2D eigenvalue weighted by atomic mass is 16.5. The third-order valence-corrected chi connectivity index (χ3v) is 7.04. The van der Waals surface area contributed by atoms with Gasteiger partial charge in [0.15, 0.2) is 12.3 Å². The molecule has 1 fully saturated rings. The fraction of sp³-hybridized carbons (Fsp3) is 0.276. The third kappa shape index (κ3) is 6.03. The van der Waals surface area contributed by atoms with Gasteiger partial charge in [-0.15, -0.1) is 0 Å². The van der Waals surface area contributed by atoms with E-state index in [2.05, 4.69) is 47.9 Å². The molecule has 6 rings (SSSR count). The predicted molar refractivity (Wildman–Crippen MR) is 149 cm³/mol. The van der Waals surface area contributed by atoms with Crippen molar-refractivity contribution in [3.05, 3.63) is 82.9 Å². The Hall–Kier alpha value is -4.81. The second-order valence-corrected chi connectivity index (χ2v) is 9.89. The normalized spacial score (nSPS) is 15.1. The number of benzene rings is 2. The Labute approximate surface area is 235 Å². The van der Waals surface area contributed by atoms with Crippen LogP contribution in [-0.2, 0) is 29.2 Å². The van der Waals surface area contributed by atoms with Crippen molar-refractivity contribution in [3.63, 3.8) is 0 Å². The van der Waals surface area contributed by atoms with E-state index >= 15 is 0 Å². The minimum Gasteiger partial charge on any atom is -0.482 e. The lowest BCUT2D eigenvalue weighted by atomic mass is 10.1. The molecule has 0 spiro atoms. The van der Waals surface area contributed by atoms with Gasteiger partial charge in [-0.05, 0) is 28.8 Å². The van der Waals surface area contributed by atoms with Crippen LogP contribution >= 0.6 is 0 Å². The van der Waals surface area contributed by atoms with Crippen LogP contribution in [0.4, 0.5) is 5.69 Å². The molecular weight excluding hydrogens is 526 g/mol. The monoisotopic (exact) mass is 555 g/mol. The molecule has 41 heavy (non-hydrogen) atoms.